The minimum atomic E-state index is 0.733. The molecule has 0 aliphatic carbocycles. The Morgan fingerprint density at radius 2 is 1.89 bits per heavy atom. The lowest BCUT2D eigenvalue weighted by atomic mass is 10.1. The van der Waals surface area contributed by atoms with Crippen molar-refractivity contribution >= 4 is 11.1 Å². The molecule has 1 heterocycles. The molecule has 0 saturated heterocycles. The van der Waals surface area contributed by atoms with Gasteiger partial charge in [0, 0.05) is 13.0 Å². The molecule has 1 N–H and O–H groups in total. The van der Waals surface area contributed by atoms with Crippen molar-refractivity contribution in [3.05, 3.63) is 65.5 Å². The highest BCUT2D eigenvalue weighted by Gasteiger charge is 2.07. The Morgan fingerprint density at radius 1 is 1.05 bits per heavy atom. The first kappa shape index (κ1) is 11.9. The molecule has 3 heteroatoms. The van der Waals surface area contributed by atoms with Gasteiger partial charge in [-0.05, 0) is 30.3 Å². The molecule has 0 atom stereocenters. The van der Waals surface area contributed by atoms with Crippen LogP contribution in [0.5, 0.6) is 0 Å². The quantitative estimate of drug-likeness (QED) is 0.775. The minimum absolute atomic E-state index is 0.733. The van der Waals surface area contributed by atoms with Gasteiger partial charge in [0.2, 0.25) is 0 Å². The zero-order valence-corrected chi connectivity index (χ0v) is 10.9. The summed E-state index contributed by atoms with van der Waals surface area (Å²) < 4.78 is 5.77. The molecule has 0 amide bonds. The van der Waals surface area contributed by atoms with E-state index in [4.69, 9.17) is 4.42 Å². The Kier molecular flexibility index (Phi) is 3.29. The predicted molar refractivity (Wildman–Crippen MR) is 76.0 cm³/mol. The number of fused-ring (bicyclic) bond motifs is 1. The molecule has 0 bridgehead atoms. The third-order valence-corrected chi connectivity index (χ3v) is 3.08. The van der Waals surface area contributed by atoms with Crippen LogP contribution in [0, 0.1) is 0 Å². The molecule has 0 unspecified atom stereocenters. The van der Waals surface area contributed by atoms with Crippen molar-refractivity contribution in [3.8, 4) is 0 Å². The summed E-state index contributed by atoms with van der Waals surface area (Å²) >= 11 is 0. The molecule has 0 radical (unpaired) electrons. The largest absolute Gasteiger partial charge is 0.440 e. The fraction of sp³-hybridized carbons (Fsp3) is 0.188. The second-order valence-electron chi connectivity index (χ2n) is 4.60. The highest BCUT2D eigenvalue weighted by molar-refractivity contribution is 5.73. The SMILES string of the molecule is CNCc1ccc2oc(Cc3ccccc3)nc2c1. The van der Waals surface area contributed by atoms with Gasteiger partial charge in [-0.25, -0.2) is 4.98 Å². The average molecular weight is 252 g/mol. The summed E-state index contributed by atoms with van der Waals surface area (Å²) in [5, 5.41) is 3.14. The summed E-state index contributed by atoms with van der Waals surface area (Å²) in [7, 11) is 1.94. The molecule has 0 aliphatic rings. The van der Waals surface area contributed by atoms with E-state index in [9.17, 15) is 0 Å². The van der Waals surface area contributed by atoms with Crippen LogP contribution >= 0.6 is 0 Å². The third kappa shape index (κ3) is 2.66. The number of benzene rings is 2. The van der Waals surface area contributed by atoms with Crippen LogP contribution in [0.15, 0.2) is 52.9 Å². The van der Waals surface area contributed by atoms with E-state index < -0.39 is 0 Å². The van der Waals surface area contributed by atoms with E-state index in [1.54, 1.807) is 0 Å². The number of aromatic nitrogens is 1. The second kappa shape index (κ2) is 5.24. The zero-order valence-electron chi connectivity index (χ0n) is 10.9. The van der Waals surface area contributed by atoms with Gasteiger partial charge in [0.15, 0.2) is 11.5 Å². The van der Waals surface area contributed by atoms with Crippen LogP contribution in [0.3, 0.4) is 0 Å². The summed E-state index contributed by atoms with van der Waals surface area (Å²) in [5.41, 5.74) is 4.21. The fourth-order valence-electron chi connectivity index (χ4n) is 2.18. The first-order valence-corrected chi connectivity index (χ1v) is 6.42. The Balaban J connectivity index is 1.89. The van der Waals surface area contributed by atoms with Gasteiger partial charge in [-0.1, -0.05) is 36.4 Å². The molecule has 0 fully saturated rings. The van der Waals surface area contributed by atoms with Crippen LogP contribution in [-0.2, 0) is 13.0 Å². The van der Waals surface area contributed by atoms with Crippen LogP contribution in [-0.4, -0.2) is 12.0 Å². The van der Waals surface area contributed by atoms with Crippen molar-refractivity contribution in [2.45, 2.75) is 13.0 Å². The molecule has 19 heavy (non-hydrogen) atoms. The van der Waals surface area contributed by atoms with Gasteiger partial charge in [0.05, 0.1) is 0 Å². The first-order valence-electron chi connectivity index (χ1n) is 6.42. The van der Waals surface area contributed by atoms with Gasteiger partial charge in [0.25, 0.3) is 0 Å². The summed E-state index contributed by atoms with van der Waals surface area (Å²) in [6.45, 7) is 0.844. The second-order valence-corrected chi connectivity index (χ2v) is 4.60. The van der Waals surface area contributed by atoms with Gasteiger partial charge >= 0.3 is 0 Å². The Morgan fingerprint density at radius 3 is 2.68 bits per heavy atom. The number of oxazole rings is 1. The van der Waals surface area contributed by atoms with Gasteiger partial charge in [-0.3, -0.25) is 0 Å². The van der Waals surface area contributed by atoms with E-state index >= 15 is 0 Å². The molecule has 2 aromatic carbocycles. The highest BCUT2D eigenvalue weighted by atomic mass is 16.3. The Labute approximate surface area is 112 Å². The van der Waals surface area contributed by atoms with Gasteiger partial charge in [-0.2, -0.15) is 0 Å². The zero-order chi connectivity index (χ0) is 13.1. The Bertz CT molecular complexity index is 674. The smallest absolute Gasteiger partial charge is 0.199 e. The van der Waals surface area contributed by atoms with Crippen molar-refractivity contribution in [2.75, 3.05) is 7.05 Å². The summed E-state index contributed by atoms with van der Waals surface area (Å²) in [4.78, 5) is 4.56. The van der Waals surface area contributed by atoms with Crippen molar-refractivity contribution < 1.29 is 4.42 Å². The molecular formula is C16H16N2O. The van der Waals surface area contributed by atoms with Crippen molar-refractivity contribution in [1.82, 2.24) is 10.3 Å². The topological polar surface area (TPSA) is 38.1 Å². The van der Waals surface area contributed by atoms with Gasteiger partial charge < -0.3 is 9.73 Å². The maximum absolute atomic E-state index is 5.77. The lowest BCUT2D eigenvalue weighted by Gasteiger charge is -1.97. The molecule has 3 rings (SSSR count). The number of hydrogen-bond donors (Lipinski definition) is 1. The van der Waals surface area contributed by atoms with E-state index in [2.05, 4.69) is 34.6 Å². The number of nitrogens with one attached hydrogen (secondary N) is 1. The third-order valence-electron chi connectivity index (χ3n) is 3.08. The van der Waals surface area contributed by atoms with Crippen LogP contribution in [0.25, 0.3) is 11.1 Å². The minimum Gasteiger partial charge on any atom is -0.440 e. The molecule has 96 valence electrons. The molecule has 3 aromatic rings. The van der Waals surface area contributed by atoms with Crippen molar-refractivity contribution in [2.24, 2.45) is 0 Å². The number of nitrogens with zero attached hydrogens (tertiary/aromatic N) is 1. The van der Waals surface area contributed by atoms with Crippen LogP contribution in [0.1, 0.15) is 17.0 Å². The fourth-order valence-corrected chi connectivity index (χ4v) is 2.18. The van der Waals surface area contributed by atoms with E-state index in [-0.39, 0.29) is 0 Å². The van der Waals surface area contributed by atoms with Crippen LogP contribution in [0.2, 0.25) is 0 Å². The maximum atomic E-state index is 5.77. The highest BCUT2D eigenvalue weighted by Crippen LogP contribution is 2.19. The monoisotopic (exact) mass is 252 g/mol. The predicted octanol–water partition coefficient (Wildman–Crippen LogP) is 3.14. The summed E-state index contributed by atoms with van der Waals surface area (Å²) in [6, 6.07) is 16.4. The molecular weight excluding hydrogens is 236 g/mol. The van der Waals surface area contributed by atoms with Crippen molar-refractivity contribution in [3.63, 3.8) is 0 Å². The van der Waals surface area contributed by atoms with Gasteiger partial charge in [0.1, 0.15) is 5.52 Å². The van der Waals surface area contributed by atoms with Gasteiger partial charge in [-0.15, -0.1) is 0 Å². The van der Waals surface area contributed by atoms with Crippen LogP contribution in [0.4, 0.5) is 0 Å². The van der Waals surface area contributed by atoms with Crippen LogP contribution < -0.4 is 5.32 Å². The number of hydrogen-bond acceptors (Lipinski definition) is 3. The summed E-state index contributed by atoms with van der Waals surface area (Å²) in [5.74, 6) is 0.766. The maximum Gasteiger partial charge on any atom is 0.199 e. The number of rotatable bonds is 4. The van der Waals surface area contributed by atoms with E-state index in [0.29, 0.717) is 0 Å². The molecule has 0 saturated carbocycles. The molecule has 3 nitrogen and oxygen atoms in total. The molecule has 1 aromatic heterocycles. The standard InChI is InChI=1S/C16H16N2O/c1-17-11-13-7-8-15-14(9-13)18-16(19-15)10-12-5-3-2-4-6-12/h2-9,17H,10-11H2,1H3. The molecule has 0 aliphatic heterocycles. The van der Waals surface area contributed by atoms with E-state index in [1.807, 2.05) is 31.3 Å². The molecule has 0 spiro atoms. The summed E-state index contributed by atoms with van der Waals surface area (Å²) in [6.07, 6.45) is 0.733. The normalized spacial score (nSPS) is 11.0. The lowest BCUT2D eigenvalue weighted by Crippen LogP contribution is -2.04. The van der Waals surface area contributed by atoms with E-state index in [1.165, 1.54) is 11.1 Å². The lowest BCUT2D eigenvalue weighted by molar-refractivity contribution is 0.544. The van der Waals surface area contributed by atoms with Crippen molar-refractivity contribution in [1.29, 1.82) is 0 Å². The van der Waals surface area contributed by atoms with E-state index in [0.717, 1.165) is 30.0 Å². The average Bonchev–Trinajstić information content (AvgIpc) is 2.82. The first-order chi connectivity index (χ1) is 9.35. The Hall–Kier alpha value is -2.13.